The van der Waals surface area contributed by atoms with Crippen LogP contribution in [-0.4, -0.2) is 54.3 Å². The van der Waals surface area contributed by atoms with Crippen LogP contribution in [0.5, 0.6) is 0 Å². The number of benzene rings is 3. The number of carbonyl (C=O) groups excluding carboxylic acids is 2. The Bertz CT molecular complexity index is 1540. The van der Waals surface area contributed by atoms with Crippen molar-refractivity contribution in [2.45, 2.75) is 38.9 Å². The van der Waals surface area contributed by atoms with Gasteiger partial charge in [0.1, 0.15) is 11.3 Å². The third-order valence-corrected chi connectivity index (χ3v) is 7.56. The molecule has 40 heavy (non-hydrogen) atoms. The van der Waals surface area contributed by atoms with Gasteiger partial charge in [-0.25, -0.2) is 14.3 Å². The first-order valence-corrected chi connectivity index (χ1v) is 13.0. The summed E-state index contributed by atoms with van der Waals surface area (Å²) >= 11 is 0. The lowest BCUT2D eigenvalue weighted by Crippen LogP contribution is -2.41. The molecule has 0 N–H and O–H groups in total. The number of methoxy groups -OCH3 is 2. The monoisotopic (exact) mass is 538 g/mol. The van der Waals surface area contributed by atoms with Crippen molar-refractivity contribution < 1.29 is 28.4 Å². The molecule has 0 unspecified atom stereocenters. The highest BCUT2D eigenvalue weighted by Gasteiger charge is 2.51. The average Bonchev–Trinajstić information content (AvgIpc) is 3.47. The van der Waals surface area contributed by atoms with Crippen LogP contribution in [0, 0.1) is 0 Å². The Morgan fingerprint density at radius 2 is 1.35 bits per heavy atom. The molecule has 204 valence electrons. The normalized spacial score (nSPS) is 15.6. The summed E-state index contributed by atoms with van der Waals surface area (Å²) in [6.45, 7) is 8.12. The van der Waals surface area contributed by atoms with Crippen molar-refractivity contribution in [3.8, 4) is 28.1 Å². The van der Waals surface area contributed by atoms with Crippen molar-refractivity contribution in [3.05, 3.63) is 90.1 Å². The standard InChI is InChI=1S/C31H31BN2O6/c1-30(2)31(3,4)40-32(39-30)23-12-10-11-22(19-23)20-15-17-21(18-16-20)26-25(28(35)37-5)27(29(36)38-6)34(33-26)24-13-8-7-9-14-24/h7-19H,1-6H3. The largest absolute Gasteiger partial charge is 0.494 e. The predicted octanol–water partition coefficient (Wildman–Crippen LogP) is 5.08. The van der Waals surface area contributed by atoms with Crippen LogP contribution in [-0.2, 0) is 18.8 Å². The summed E-state index contributed by atoms with van der Waals surface area (Å²) in [6, 6.07) is 24.7. The Labute approximate surface area is 234 Å². The van der Waals surface area contributed by atoms with E-state index in [-0.39, 0.29) is 11.3 Å². The fourth-order valence-corrected chi connectivity index (χ4v) is 4.62. The molecule has 0 radical (unpaired) electrons. The fourth-order valence-electron chi connectivity index (χ4n) is 4.62. The van der Waals surface area contributed by atoms with E-state index in [1.165, 1.54) is 18.9 Å². The Hall–Kier alpha value is -4.21. The minimum Gasteiger partial charge on any atom is -0.465 e. The van der Waals surface area contributed by atoms with Gasteiger partial charge in [0.05, 0.1) is 31.1 Å². The second-order valence-electron chi connectivity index (χ2n) is 10.6. The first kappa shape index (κ1) is 27.4. The van der Waals surface area contributed by atoms with Gasteiger partial charge >= 0.3 is 19.1 Å². The van der Waals surface area contributed by atoms with Gasteiger partial charge in [-0.2, -0.15) is 5.10 Å². The summed E-state index contributed by atoms with van der Waals surface area (Å²) in [7, 11) is 2.06. The molecule has 4 aromatic rings. The van der Waals surface area contributed by atoms with E-state index < -0.39 is 30.3 Å². The number of ether oxygens (including phenoxy) is 2. The van der Waals surface area contributed by atoms with Gasteiger partial charge in [-0.1, -0.05) is 66.7 Å². The van der Waals surface area contributed by atoms with Crippen molar-refractivity contribution in [3.63, 3.8) is 0 Å². The first-order valence-electron chi connectivity index (χ1n) is 13.0. The van der Waals surface area contributed by atoms with Crippen LogP contribution in [0.3, 0.4) is 0 Å². The molecule has 0 saturated carbocycles. The van der Waals surface area contributed by atoms with Gasteiger partial charge in [-0.05, 0) is 56.4 Å². The molecule has 0 spiro atoms. The molecule has 1 aliphatic rings. The number of aromatic nitrogens is 2. The topological polar surface area (TPSA) is 88.9 Å². The number of para-hydroxylation sites is 1. The van der Waals surface area contributed by atoms with Gasteiger partial charge in [-0.3, -0.25) is 0 Å². The van der Waals surface area contributed by atoms with Crippen LogP contribution in [0.2, 0.25) is 0 Å². The van der Waals surface area contributed by atoms with E-state index in [2.05, 4.69) is 11.2 Å². The van der Waals surface area contributed by atoms with E-state index in [4.69, 9.17) is 18.8 Å². The third kappa shape index (κ3) is 4.82. The Balaban J connectivity index is 1.54. The predicted molar refractivity (Wildman–Crippen MR) is 153 cm³/mol. The molecule has 0 atom stereocenters. The van der Waals surface area contributed by atoms with Crippen molar-refractivity contribution in [1.82, 2.24) is 9.78 Å². The number of hydrogen-bond acceptors (Lipinski definition) is 7. The van der Waals surface area contributed by atoms with E-state index in [0.717, 1.165) is 16.6 Å². The van der Waals surface area contributed by atoms with Gasteiger partial charge in [0.2, 0.25) is 0 Å². The molecule has 1 aliphatic heterocycles. The number of nitrogens with zero attached hydrogens (tertiary/aromatic N) is 2. The van der Waals surface area contributed by atoms with Crippen molar-refractivity contribution in [2.24, 2.45) is 0 Å². The maximum absolute atomic E-state index is 12.9. The highest BCUT2D eigenvalue weighted by Crippen LogP contribution is 2.37. The Morgan fingerprint density at radius 3 is 1.95 bits per heavy atom. The number of carbonyl (C=O) groups is 2. The average molecular weight is 538 g/mol. The van der Waals surface area contributed by atoms with Crippen molar-refractivity contribution in [2.75, 3.05) is 14.2 Å². The van der Waals surface area contributed by atoms with Gasteiger partial charge in [0.15, 0.2) is 5.69 Å². The maximum Gasteiger partial charge on any atom is 0.494 e. The maximum atomic E-state index is 12.9. The second-order valence-corrected chi connectivity index (χ2v) is 10.6. The SMILES string of the molecule is COC(=O)c1c(-c2ccc(-c3cccc(B4OC(C)(C)C(C)(C)O4)c3)cc2)nn(-c2ccccc2)c1C(=O)OC. The van der Waals surface area contributed by atoms with E-state index in [9.17, 15) is 9.59 Å². The van der Waals surface area contributed by atoms with Crippen LogP contribution in [0.25, 0.3) is 28.1 Å². The molecule has 0 amide bonds. The minimum absolute atomic E-state index is 0.00487. The lowest BCUT2D eigenvalue weighted by atomic mass is 9.78. The zero-order valence-corrected chi connectivity index (χ0v) is 23.4. The minimum atomic E-state index is -0.695. The molecule has 1 saturated heterocycles. The molecule has 0 aliphatic carbocycles. The number of hydrogen-bond donors (Lipinski definition) is 0. The van der Waals surface area contributed by atoms with Crippen LogP contribution >= 0.6 is 0 Å². The molecule has 5 rings (SSSR count). The summed E-state index contributed by atoms with van der Waals surface area (Å²) in [5, 5.41) is 4.67. The smallest absolute Gasteiger partial charge is 0.465 e. The second kappa shape index (κ2) is 10.4. The Morgan fingerprint density at radius 1 is 0.750 bits per heavy atom. The van der Waals surface area contributed by atoms with Gasteiger partial charge in [0.25, 0.3) is 0 Å². The van der Waals surface area contributed by atoms with Crippen LogP contribution in [0.15, 0.2) is 78.9 Å². The highest BCUT2D eigenvalue weighted by atomic mass is 16.7. The van der Waals surface area contributed by atoms with E-state index in [0.29, 0.717) is 16.9 Å². The molecule has 9 heteroatoms. The van der Waals surface area contributed by atoms with E-state index in [1.807, 2.05) is 88.4 Å². The van der Waals surface area contributed by atoms with Crippen LogP contribution in [0.1, 0.15) is 48.5 Å². The summed E-state index contributed by atoms with van der Waals surface area (Å²) in [6.07, 6.45) is 0. The third-order valence-electron chi connectivity index (χ3n) is 7.56. The summed E-state index contributed by atoms with van der Waals surface area (Å²) in [4.78, 5) is 25.8. The number of esters is 2. The van der Waals surface area contributed by atoms with E-state index in [1.54, 1.807) is 12.1 Å². The number of rotatable bonds is 6. The highest BCUT2D eigenvalue weighted by molar-refractivity contribution is 6.62. The quantitative estimate of drug-likeness (QED) is 0.250. The molecular formula is C31H31BN2O6. The fraction of sp³-hybridized carbons (Fsp3) is 0.258. The van der Waals surface area contributed by atoms with Crippen molar-refractivity contribution in [1.29, 1.82) is 0 Å². The molecule has 2 heterocycles. The molecule has 0 bridgehead atoms. The van der Waals surface area contributed by atoms with Crippen LogP contribution < -0.4 is 5.46 Å². The van der Waals surface area contributed by atoms with Crippen molar-refractivity contribution >= 4 is 24.5 Å². The molecule has 1 fully saturated rings. The summed E-state index contributed by atoms with van der Waals surface area (Å²) in [5.41, 5.74) is 3.60. The first-order chi connectivity index (χ1) is 19.1. The lowest BCUT2D eigenvalue weighted by molar-refractivity contribution is 0.00578. The van der Waals surface area contributed by atoms with Gasteiger partial charge < -0.3 is 18.8 Å². The van der Waals surface area contributed by atoms with E-state index >= 15 is 0 Å². The van der Waals surface area contributed by atoms with Gasteiger partial charge in [-0.15, -0.1) is 0 Å². The molecular weight excluding hydrogens is 507 g/mol. The zero-order valence-electron chi connectivity index (χ0n) is 23.4. The molecule has 8 nitrogen and oxygen atoms in total. The summed E-state index contributed by atoms with van der Waals surface area (Å²) in [5.74, 6) is -1.38. The lowest BCUT2D eigenvalue weighted by Gasteiger charge is -2.32. The van der Waals surface area contributed by atoms with Crippen LogP contribution in [0.4, 0.5) is 0 Å². The molecule has 3 aromatic carbocycles. The van der Waals surface area contributed by atoms with Gasteiger partial charge in [0, 0.05) is 5.56 Å². The zero-order chi connectivity index (χ0) is 28.7. The summed E-state index contributed by atoms with van der Waals surface area (Å²) < 4.78 is 23.9. The molecule has 1 aromatic heterocycles. The Kier molecular flexibility index (Phi) is 7.12.